The van der Waals surface area contributed by atoms with Crippen molar-refractivity contribution in [1.29, 1.82) is 0 Å². The summed E-state index contributed by atoms with van der Waals surface area (Å²) in [5.74, 6) is -0.970. The highest BCUT2D eigenvalue weighted by molar-refractivity contribution is 5.87. The molecule has 0 aliphatic heterocycles. The number of azide groups is 1. The van der Waals surface area contributed by atoms with E-state index in [0.29, 0.717) is 19.4 Å². The van der Waals surface area contributed by atoms with Gasteiger partial charge in [-0.2, -0.15) is 0 Å². The Balaban J connectivity index is 2.53. The van der Waals surface area contributed by atoms with Crippen molar-refractivity contribution in [3.8, 4) is 0 Å². The molecule has 7 heteroatoms. The normalized spacial score (nSPS) is 11.6. The van der Waals surface area contributed by atoms with Gasteiger partial charge in [0.05, 0.1) is 12.2 Å². The Kier molecular flexibility index (Phi) is 6.38. The number of rotatable bonds is 8. The molecule has 0 aliphatic rings. The zero-order valence-corrected chi connectivity index (χ0v) is 10.4. The Bertz CT molecular complexity index is 455. The van der Waals surface area contributed by atoms with Crippen molar-refractivity contribution in [2.45, 2.75) is 25.7 Å². The van der Waals surface area contributed by atoms with Gasteiger partial charge in [-0.25, -0.2) is 4.79 Å². The Morgan fingerprint density at radius 1 is 1.47 bits per heavy atom. The molecule has 0 heterocycles. The fraction of sp³-hybridized carbons (Fsp3) is 0.417. The Hall–Kier alpha value is -2.08. The molecule has 102 valence electrons. The number of hydrogen-bond donors (Lipinski definition) is 2. The standard InChI is InChI=1S/C12H16N4O3/c13-7-1-2-11(15-16-14)19-8-9-3-5-10(6-4-9)12(17)18/h3-6,11H,1-2,7-8,13H2,(H,17,18). The highest BCUT2D eigenvalue weighted by Crippen LogP contribution is 2.10. The topological polar surface area (TPSA) is 121 Å². The third-order valence-electron chi connectivity index (χ3n) is 2.48. The van der Waals surface area contributed by atoms with Gasteiger partial charge in [0.1, 0.15) is 6.23 Å². The van der Waals surface area contributed by atoms with Gasteiger partial charge in [-0.05, 0) is 42.6 Å². The summed E-state index contributed by atoms with van der Waals surface area (Å²) in [6.07, 6.45) is 0.725. The van der Waals surface area contributed by atoms with E-state index in [0.717, 1.165) is 5.56 Å². The molecule has 0 amide bonds. The predicted octanol–water partition coefficient (Wildman–Crippen LogP) is 2.28. The lowest BCUT2D eigenvalue weighted by atomic mass is 10.1. The summed E-state index contributed by atoms with van der Waals surface area (Å²) in [7, 11) is 0. The third kappa shape index (κ3) is 5.39. The van der Waals surface area contributed by atoms with Gasteiger partial charge in [0, 0.05) is 4.91 Å². The molecule has 0 fully saturated rings. The number of benzene rings is 1. The first-order valence-electron chi connectivity index (χ1n) is 5.85. The second-order valence-electron chi connectivity index (χ2n) is 3.90. The molecule has 1 aromatic rings. The van der Waals surface area contributed by atoms with Crippen molar-refractivity contribution < 1.29 is 14.6 Å². The maximum Gasteiger partial charge on any atom is 0.335 e. The average Bonchev–Trinajstić information content (AvgIpc) is 2.42. The maximum atomic E-state index is 10.7. The molecular weight excluding hydrogens is 248 g/mol. The first-order chi connectivity index (χ1) is 9.17. The molecular formula is C12H16N4O3. The lowest BCUT2D eigenvalue weighted by Crippen LogP contribution is -2.12. The minimum atomic E-state index is -0.970. The molecule has 0 spiro atoms. The van der Waals surface area contributed by atoms with E-state index in [2.05, 4.69) is 10.0 Å². The van der Waals surface area contributed by atoms with Gasteiger partial charge in [-0.3, -0.25) is 0 Å². The average molecular weight is 264 g/mol. The van der Waals surface area contributed by atoms with Crippen molar-refractivity contribution in [3.05, 3.63) is 45.8 Å². The highest BCUT2D eigenvalue weighted by Gasteiger charge is 2.07. The summed E-state index contributed by atoms with van der Waals surface area (Å²) in [4.78, 5) is 13.4. The summed E-state index contributed by atoms with van der Waals surface area (Å²) in [6.45, 7) is 0.766. The van der Waals surface area contributed by atoms with Crippen LogP contribution in [0.15, 0.2) is 29.4 Å². The number of nitrogens with zero attached hydrogens (tertiary/aromatic N) is 3. The van der Waals surface area contributed by atoms with Crippen molar-refractivity contribution in [1.82, 2.24) is 0 Å². The molecule has 3 N–H and O–H groups in total. The number of ether oxygens (including phenoxy) is 1. The lowest BCUT2D eigenvalue weighted by Gasteiger charge is -2.12. The highest BCUT2D eigenvalue weighted by atomic mass is 16.5. The Morgan fingerprint density at radius 2 is 2.16 bits per heavy atom. The van der Waals surface area contributed by atoms with Gasteiger partial charge < -0.3 is 15.6 Å². The van der Waals surface area contributed by atoms with Crippen LogP contribution in [-0.4, -0.2) is 23.8 Å². The van der Waals surface area contributed by atoms with Crippen LogP contribution in [0, 0.1) is 0 Å². The fourth-order valence-electron chi connectivity index (χ4n) is 1.46. The SMILES string of the molecule is [N-]=[N+]=NC(CCCN)OCc1ccc(C(=O)O)cc1. The van der Waals surface area contributed by atoms with Crippen molar-refractivity contribution in [2.75, 3.05) is 6.54 Å². The molecule has 0 radical (unpaired) electrons. The van der Waals surface area contributed by atoms with Crippen LogP contribution in [0.4, 0.5) is 0 Å². The van der Waals surface area contributed by atoms with Crippen LogP contribution >= 0.6 is 0 Å². The molecule has 0 aromatic heterocycles. The van der Waals surface area contributed by atoms with Gasteiger partial charge >= 0.3 is 5.97 Å². The summed E-state index contributed by atoms with van der Waals surface area (Å²) in [6, 6.07) is 6.34. The molecule has 0 bridgehead atoms. The lowest BCUT2D eigenvalue weighted by molar-refractivity contribution is 0.0388. The Labute approximate surface area is 110 Å². The van der Waals surface area contributed by atoms with E-state index in [1.165, 1.54) is 12.1 Å². The van der Waals surface area contributed by atoms with E-state index >= 15 is 0 Å². The van der Waals surface area contributed by atoms with Gasteiger partial charge in [-0.1, -0.05) is 17.2 Å². The molecule has 1 rings (SSSR count). The van der Waals surface area contributed by atoms with E-state index in [1.54, 1.807) is 12.1 Å². The molecule has 7 nitrogen and oxygen atoms in total. The molecule has 0 aliphatic carbocycles. The summed E-state index contributed by atoms with van der Waals surface area (Å²) in [5, 5.41) is 12.3. The van der Waals surface area contributed by atoms with Gasteiger partial charge in [0.15, 0.2) is 0 Å². The van der Waals surface area contributed by atoms with Gasteiger partial charge in [-0.15, -0.1) is 0 Å². The van der Waals surface area contributed by atoms with Crippen LogP contribution in [0.3, 0.4) is 0 Å². The molecule has 0 saturated heterocycles. The third-order valence-corrected chi connectivity index (χ3v) is 2.48. The zero-order valence-electron chi connectivity index (χ0n) is 10.4. The minimum Gasteiger partial charge on any atom is -0.478 e. The van der Waals surface area contributed by atoms with E-state index in [4.69, 9.17) is 21.1 Å². The first kappa shape index (κ1) is 15.0. The smallest absolute Gasteiger partial charge is 0.335 e. The number of carboxylic acids is 1. The summed E-state index contributed by atoms with van der Waals surface area (Å²) >= 11 is 0. The summed E-state index contributed by atoms with van der Waals surface area (Å²) < 4.78 is 5.45. The van der Waals surface area contributed by atoms with E-state index in [9.17, 15) is 4.79 Å². The van der Waals surface area contributed by atoms with E-state index in [1.807, 2.05) is 0 Å². The van der Waals surface area contributed by atoms with E-state index < -0.39 is 12.2 Å². The number of aromatic carboxylic acids is 1. The maximum absolute atomic E-state index is 10.7. The molecule has 1 atom stereocenters. The first-order valence-corrected chi connectivity index (χ1v) is 5.85. The minimum absolute atomic E-state index is 0.221. The second-order valence-corrected chi connectivity index (χ2v) is 3.90. The Morgan fingerprint density at radius 3 is 2.68 bits per heavy atom. The fourth-order valence-corrected chi connectivity index (χ4v) is 1.46. The monoisotopic (exact) mass is 264 g/mol. The van der Waals surface area contributed by atoms with Crippen LogP contribution < -0.4 is 5.73 Å². The number of carbonyl (C=O) groups is 1. The van der Waals surface area contributed by atoms with Crippen LogP contribution in [0.2, 0.25) is 0 Å². The molecule has 19 heavy (non-hydrogen) atoms. The molecule has 1 unspecified atom stereocenters. The quantitative estimate of drug-likeness (QED) is 0.425. The van der Waals surface area contributed by atoms with Crippen LogP contribution in [0.25, 0.3) is 10.4 Å². The predicted molar refractivity (Wildman–Crippen MR) is 69.4 cm³/mol. The number of nitrogens with two attached hydrogens (primary N) is 1. The van der Waals surface area contributed by atoms with E-state index in [-0.39, 0.29) is 12.2 Å². The van der Waals surface area contributed by atoms with Gasteiger partial charge in [0.2, 0.25) is 0 Å². The largest absolute Gasteiger partial charge is 0.478 e. The summed E-state index contributed by atoms with van der Waals surface area (Å²) in [5.41, 5.74) is 14.8. The second kappa shape index (κ2) is 8.10. The number of carboxylic acid groups (broad SMARTS) is 1. The van der Waals surface area contributed by atoms with Gasteiger partial charge in [0.25, 0.3) is 0 Å². The zero-order chi connectivity index (χ0) is 14.1. The van der Waals surface area contributed by atoms with Crippen LogP contribution in [-0.2, 0) is 11.3 Å². The number of hydrogen-bond acceptors (Lipinski definition) is 4. The molecule has 0 saturated carbocycles. The van der Waals surface area contributed by atoms with Crippen LogP contribution in [0.1, 0.15) is 28.8 Å². The van der Waals surface area contributed by atoms with Crippen molar-refractivity contribution in [3.63, 3.8) is 0 Å². The molecule has 1 aromatic carbocycles. The van der Waals surface area contributed by atoms with Crippen LogP contribution in [0.5, 0.6) is 0 Å². The van der Waals surface area contributed by atoms with Crippen molar-refractivity contribution in [2.24, 2.45) is 10.8 Å². The van der Waals surface area contributed by atoms with Crippen molar-refractivity contribution >= 4 is 5.97 Å².